The summed E-state index contributed by atoms with van der Waals surface area (Å²) >= 11 is 6.23. The Kier molecular flexibility index (Phi) is 5.90. The fourth-order valence-electron chi connectivity index (χ4n) is 3.46. The predicted octanol–water partition coefficient (Wildman–Crippen LogP) is 5.63. The number of aliphatic hydroxyl groups is 1. The standard InChI is InChI=1S/C25H22ClFN2O3S/c1-25(2,30)22-15-29(24(28-22)20-8-5-9-21(27)23(20)26)18-12-10-16(11-13-18)17-6-4-7-19(14-17)33(3,31)32/h4-15,30H,1-3H3. The molecule has 170 valence electrons. The highest BCUT2D eigenvalue weighted by Gasteiger charge is 2.24. The Morgan fingerprint density at radius 1 is 1.00 bits per heavy atom. The van der Waals surface area contributed by atoms with Crippen LogP contribution in [0.2, 0.25) is 5.02 Å². The molecule has 33 heavy (non-hydrogen) atoms. The Bertz CT molecular complexity index is 1440. The van der Waals surface area contributed by atoms with Gasteiger partial charge >= 0.3 is 0 Å². The topological polar surface area (TPSA) is 72.2 Å². The summed E-state index contributed by atoms with van der Waals surface area (Å²) in [4.78, 5) is 4.79. The fraction of sp³-hybridized carbons (Fsp3) is 0.160. The van der Waals surface area contributed by atoms with E-state index in [1.54, 1.807) is 54.9 Å². The Balaban J connectivity index is 1.81. The van der Waals surface area contributed by atoms with Crippen LogP contribution < -0.4 is 0 Å². The molecule has 0 aliphatic carbocycles. The second kappa shape index (κ2) is 8.41. The zero-order valence-electron chi connectivity index (χ0n) is 18.3. The van der Waals surface area contributed by atoms with Gasteiger partial charge in [-0.1, -0.05) is 41.9 Å². The minimum atomic E-state index is -3.32. The van der Waals surface area contributed by atoms with E-state index in [9.17, 15) is 17.9 Å². The number of halogens is 2. The molecule has 0 saturated heterocycles. The van der Waals surface area contributed by atoms with Crippen LogP contribution in [-0.2, 0) is 15.4 Å². The highest BCUT2D eigenvalue weighted by Crippen LogP contribution is 2.34. The number of nitrogens with zero attached hydrogens (tertiary/aromatic N) is 2. The lowest BCUT2D eigenvalue weighted by Gasteiger charge is -2.13. The second-order valence-corrected chi connectivity index (χ2v) is 10.7. The molecule has 1 heterocycles. The summed E-state index contributed by atoms with van der Waals surface area (Å²) in [5, 5.41) is 10.4. The van der Waals surface area contributed by atoms with Gasteiger partial charge in [-0.25, -0.2) is 17.8 Å². The summed E-state index contributed by atoms with van der Waals surface area (Å²) in [6.45, 7) is 3.24. The van der Waals surface area contributed by atoms with Crippen LogP contribution in [0.4, 0.5) is 4.39 Å². The monoisotopic (exact) mass is 484 g/mol. The molecular formula is C25H22ClFN2O3S. The van der Waals surface area contributed by atoms with Crippen molar-refractivity contribution >= 4 is 21.4 Å². The number of imidazole rings is 1. The van der Waals surface area contributed by atoms with Crippen LogP contribution in [0.5, 0.6) is 0 Å². The van der Waals surface area contributed by atoms with Crippen LogP contribution in [0.1, 0.15) is 19.5 Å². The number of aromatic nitrogens is 2. The molecule has 0 amide bonds. The number of benzene rings is 3. The maximum atomic E-state index is 14.1. The Hall–Kier alpha value is -3.00. The third-order valence-corrected chi connectivity index (χ3v) is 6.76. The first-order valence-electron chi connectivity index (χ1n) is 10.1. The maximum Gasteiger partial charge on any atom is 0.175 e. The third-order valence-electron chi connectivity index (χ3n) is 5.27. The van der Waals surface area contributed by atoms with Crippen molar-refractivity contribution in [3.8, 4) is 28.2 Å². The quantitative estimate of drug-likeness (QED) is 0.398. The second-order valence-electron chi connectivity index (χ2n) is 8.33. The van der Waals surface area contributed by atoms with Crippen molar-refractivity contribution in [2.75, 3.05) is 6.26 Å². The summed E-state index contributed by atoms with van der Waals surface area (Å²) in [6.07, 6.45) is 2.86. The minimum Gasteiger partial charge on any atom is -0.384 e. The molecular weight excluding hydrogens is 463 g/mol. The summed E-state index contributed by atoms with van der Waals surface area (Å²) in [7, 11) is -3.32. The first-order chi connectivity index (χ1) is 15.4. The SMILES string of the molecule is CC(C)(O)c1cn(-c2ccc(-c3cccc(S(C)(=O)=O)c3)cc2)c(-c2cccc(F)c2Cl)n1. The first-order valence-corrected chi connectivity index (χ1v) is 12.4. The van der Waals surface area contributed by atoms with Gasteiger partial charge in [-0.2, -0.15) is 0 Å². The molecule has 0 unspecified atom stereocenters. The van der Waals surface area contributed by atoms with E-state index in [4.69, 9.17) is 11.6 Å². The number of hydrogen-bond donors (Lipinski definition) is 1. The molecule has 3 aromatic carbocycles. The van der Waals surface area contributed by atoms with Gasteiger partial charge in [0.15, 0.2) is 9.84 Å². The molecule has 0 fully saturated rings. The van der Waals surface area contributed by atoms with Crippen LogP contribution >= 0.6 is 11.6 Å². The lowest BCUT2D eigenvalue weighted by Crippen LogP contribution is -2.15. The van der Waals surface area contributed by atoms with E-state index >= 15 is 0 Å². The van der Waals surface area contributed by atoms with E-state index in [0.717, 1.165) is 16.8 Å². The molecule has 8 heteroatoms. The highest BCUT2D eigenvalue weighted by molar-refractivity contribution is 7.90. The average Bonchev–Trinajstić information content (AvgIpc) is 3.21. The lowest BCUT2D eigenvalue weighted by atomic mass is 10.1. The summed E-state index contributed by atoms with van der Waals surface area (Å²) in [5.41, 5.74) is 1.90. The molecule has 1 aromatic heterocycles. The Labute approximate surface area is 197 Å². The number of sulfone groups is 1. The van der Waals surface area contributed by atoms with E-state index in [1.807, 2.05) is 30.3 Å². The van der Waals surface area contributed by atoms with E-state index in [-0.39, 0.29) is 9.92 Å². The molecule has 0 saturated carbocycles. The fourth-order valence-corrected chi connectivity index (χ4v) is 4.34. The van der Waals surface area contributed by atoms with Crippen LogP contribution in [0.15, 0.2) is 77.8 Å². The molecule has 0 atom stereocenters. The van der Waals surface area contributed by atoms with Crippen LogP contribution in [0, 0.1) is 5.82 Å². The maximum absolute atomic E-state index is 14.1. The number of hydrogen-bond acceptors (Lipinski definition) is 4. The number of rotatable bonds is 5. The molecule has 0 spiro atoms. The van der Waals surface area contributed by atoms with E-state index < -0.39 is 21.3 Å². The van der Waals surface area contributed by atoms with Crippen LogP contribution in [0.3, 0.4) is 0 Å². The van der Waals surface area contributed by atoms with Crippen molar-refractivity contribution in [3.63, 3.8) is 0 Å². The zero-order chi connectivity index (χ0) is 24.0. The Morgan fingerprint density at radius 2 is 1.67 bits per heavy atom. The zero-order valence-corrected chi connectivity index (χ0v) is 19.8. The first kappa shape index (κ1) is 23.2. The van der Waals surface area contributed by atoms with Gasteiger partial charge in [-0.05, 0) is 61.4 Å². The van der Waals surface area contributed by atoms with Crippen molar-refractivity contribution in [1.29, 1.82) is 0 Å². The van der Waals surface area contributed by atoms with Crippen molar-refractivity contribution in [2.45, 2.75) is 24.3 Å². The van der Waals surface area contributed by atoms with E-state index in [0.29, 0.717) is 17.1 Å². The van der Waals surface area contributed by atoms with Crippen LogP contribution in [-0.4, -0.2) is 29.3 Å². The normalized spacial score (nSPS) is 12.2. The lowest BCUT2D eigenvalue weighted by molar-refractivity contribution is 0.0743. The molecule has 0 aliphatic heterocycles. The summed E-state index contributed by atoms with van der Waals surface area (Å²) < 4.78 is 39.7. The van der Waals surface area contributed by atoms with Gasteiger partial charge in [-0.15, -0.1) is 0 Å². The molecule has 0 aliphatic rings. The van der Waals surface area contributed by atoms with Gasteiger partial charge in [-0.3, -0.25) is 4.57 Å². The van der Waals surface area contributed by atoms with Gasteiger partial charge in [0.1, 0.15) is 17.2 Å². The molecule has 0 radical (unpaired) electrons. The van der Waals surface area contributed by atoms with Gasteiger partial charge < -0.3 is 5.11 Å². The summed E-state index contributed by atoms with van der Waals surface area (Å²) in [5.74, 6) is -0.168. The van der Waals surface area contributed by atoms with Gasteiger partial charge in [0.05, 0.1) is 15.6 Å². The predicted molar refractivity (Wildman–Crippen MR) is 128 cm³/mol. The van der Waals surface area contributed by atoms with Crippen molar-refractivity contribution < 1.29 is 17.9 Å². The average molecular weight is 485 g/mol. The van der Waals surface area contributed by atoms with E-state index in [2.05, 4.69) is 4.98 Å². The molecule has 5 nitrogen and oxygen atoms in total. The van der Waals surface area contributed by atoms with Gasteiger partial charge in [0, 0.05) is 23.7 Å². The van der Waals surface area contributed by atoms with Gasteiger partial charge in [0.25, 0.3) is 0 Å². The minimum absolute atomic E-state index is 0.0548. The molecule has 4 aromatic rings. The van der Waals surface area contributed by atoms with Crippen LogP contribution in [0.25, 0.3) is 28.2 Å². The largest absolute Gasteiger partial charge is 0.384 e. The molecule has 0 bridgehead atoms. The Morgan fingerprint density at radius 3 is 2.30 bits per heavy atom. The molecule has 1 N–H and O–H groups in total. The van der Waals surface area contributed by atoms with E-state index in [1.165, 1.54) is 12.3 Å². The van der Waals surface area contributed by atoms with Crippen molar-refractivity contribution in [1.82, 2.24) is 9.55 Å². The molecule has 4 rings (SSSR count). The highest BCUT2D eigenvalue weighted by atomic mass is 35.5. The van der Waals surface area contributed by atoms with Crippen molar-refractivity contribution in [3.05, 3.63) is 89.5 Å². The third kappa shape index (κ3) is 4.71. The van der Waals surface area contributed by atoms with Crippen molar-refractivity contribution in [2.24, 2.45) is 0 Å². The summed E-state index contributed by atoms with van der Waals surface area (Å²) in [6, 6.07) is 18.6. The van der Waals surface area contributed by atoms with Gasteiger partial charge in [0.2, 0.25) is 0 Å². The smallest absolute Gasteiger partial charge is 0.175 e.